The predicted octanol–water partition coefficient (Wildman–Crippen LogP) is 1.87. The summed E-state index contributed by atoms with van der Waals surface area (Å²) in [5.41, 5.74) is 1.71. The molecule has 8 nitrogen and oxygen atoms in total. The Morgan fingerprint density at radius 3 is 2.88 bits per heavy atom. The maximum Gasteiger partial charge on any atom is 0.287 e. The van der Waals surface area contributed by atoms with Crippen molar-refractivity contribution in [3.63, 3.8) is 0 Å². The van der Waals surface area contributed by atoms with E-state index >= 15 is 0 Å². The van der Waals surface area contributed by atoms with Gasteiger partial charge in [-0.2, -0.15) is 9.49 Å². The smallest absolute Gasteiger partial charge is 0.287 e. The Kier molecular flexibility index (Phi) is 3.65. The molecule has 4 aromatic heterocycles. The van der Waals surface area contributed by atoms with Gasteiger partial charge >= 0.3 is 0 Å². The molecule has 0 spiro atoms. The van der Waals surface area contributed by atoms with Gasteiger partial charge in [-0.1, -0.05) is 11.2 Å². The van der Waals surface area contributed by atoms with Crippen LogP contribution in [0, 0.1) is 5.82 Å². The molecule has 4 rings (SSSR count). The summed E-state index contributed by atoms with van der Waals surface area (Å²) in [7, 11) is 0. The van der Waals surface area contributed by atoms with Crippen LogP contribution in [0.1, 0.15) is 5.56 Å². The molecule has 0 aliphatic rings. The van der Waals surface area contributed by atoms with Crippen molar-refractivity contribution in [2.75, 3.05) is 0 Å². The second kappa shape index (κ2) is 6.11. The summed E-state index contributed by atoms with van der Waals surface area (Å²) in [6.45, 7) is 0.432. The lowest BCUT2D eigenvalue weighted by molar-refractivity contribution is 0.421. The van der Waals surface area contributed by atoms with E-state index in [0.717, 1.165) is 11.8 Å². The Balaban J connectivity index is 1.80. The molecule has 0 amide bonds. The fraction of sp³-hybridized carbons (Fsp3) is 0.0625. The highest BCUT2D eigenvalue weighted by molar-refractivity contribution is 5.62. The van der Waals surface area contributed by atoms with Gasteiger partial charge in [0.25, 0.3) is 5.56 Å². The van der Waals surface area contributed by atoms with Crippen LogP contribution in [0.15, 0.2) is 58.4 Å². The minimum Gasteiger partial charge on any atom is -0.364 e. The van der Waals surface area contributed by atoms with Crippen molar-refractivity contribution < 1.29 is 8.91 Å². The van der Waals surface area contributed by atoms with Gasteiger partial charge in [-0.3, -0.25) is 14.5 Å². The Hall–Kier alpha value is -3.62. The molecular formula is C16H11FN6O2. The standard InChI is InChI=1S/C16H11FN6O2/c17-11-8-19-15(20-16(11)24)13-6-14(12-3-5-25-22-12)23(21-13)9-10-2-1-4-18-7-10/h1-8H,9H2,(H,19,20,24). The third-order valence-electron chi connectivity index (χ3n) is 3.53. The molecule has 1 N–H and O–H groups in total. The average molecular weight is 338 g/mol. The molecule has 25 heavy (non-hydrogen) atoms. The quantitative estimate of drug-likeness (QED) is 0.609. The lowest BCUT2D eigenvalue weighted by Gasteiger charge is -2.04. The number of aromatic amines is 1. The predicted molar refractivity (Wildman–Crippen MR) is 84.9 cm³/mol. The van der Waals surface area contributed by atoms with Gasteiger partial charge in [-0.25, -0.2) is 4.98 Å². The van der Waals surface area contributed by atoms with E-state index in [-0.39, 0.29) is 5.82 Å². The zero-order chi connectivity index (χ0) is 17.2. The van der Waals surface area contributed by atoms with Gasteiger partial charge in [0.1, 0.15) is 17.7 Å². The number of aromatic nitrogens is 6. The number of hydrogen-bond donors (Lipinski definition) is 1. The number of pyridine rings is 1. The topological polar surface area (TPSA) is 102 Å². The molecule has 0 aromatic carbocycles. The summed E-state index contributed by atoms with van der Waals surface area (Å²) in [5, 5.41) is 8.38. The van der Waals surface area contributed by atoms with Gasteiger partial charge in [0, 0.05) is 18.5 Å². The van der Waals surface area contributed by atoms with E-state index in [1.807, 2.05) is 12.1 Å². The van der Waals surface area contributed by atoms with E-state index in [4.69, 9.17) is 4.52 Å². The third-order valence-corrected chi connectivity index (χ3v) is 3.53. The Bertz CT molecular complexity index is 1060. The first-order valence-corrected chi connectivity index (χ1v) is 7.33. The molecule has 0 radical (unpaired) electrons. The summed E-state index contributed by atoms with van der Waals surface area (Å²) in [6.07, 6.45) is 5.73. The fourth-order valence-electron chi connectivity index (χ4n) is 2.38. The van der Waals surface area contributed by atoms with Crippen molar-refractivity contribution in [2.45, 2.75) is 6.54 Å². The van der Waals surface area contributed by atoms with E-state index in [1.54, 1.807) is 29.2 Å². The van der Waals surface area contributed by atoms with Crippen molar-refractivity contribution in [1.29, 1.82) is 0 Å². The molecule has 0 aliphatic carbocycles. The van der Waals surface area contributed by atoms with Crippen molar-refractivity contribution >= 4 is 0 Å². The van der Waals surface area contributed by atoms with E-state index in [9.17, 15) is 9.18 Å². The fourth-order valence-corrected chi connectivity index (χ4v) is 2.38. The molecule has 0 saturated carbocycles. The van der Waals surface area contributed by atoms with Crippen LogP contribution in [0.4, 0.5) is 4.39 Å². The summed E-state index contributed by atoms with van der Waals surface area (Å²) in [6, 6.07) is 7.14. The van der Waals surface area contributed by atoms with Crippen LogP contribution in [0.2, 0.25) is 0 Å². The van der Waals surface area contributed by atoms with Gasteiger partial charge < -0.3 is 9.51 Å². The summed E-state index contributed by atoms with van der Waals surface area (Å²) >= 11 is 0. The van der Waals surface area contributed by atoms with E-state index in [1.165, 1.54) is 6.26 Å². The molecule has 0 bridgehead atoms. The second-order valence-electron chi connectivity index (χ2n) is 5.23. The van der Waals surface area contributed by atoms with Crippen molar-refractivity contribution in [2.24, 2.45) is 0 Å². The maximum absolute atomic E-state index is 13.1. The Labute approximate surface area is 140 Å². The second-order valence-corrected chi connectivity index (χ2v) is 5.23. The molecule has 4 heterocycles. The number of hydrogen-bond acceptors (Lipinski definition) is 6. The van der Waals surface area contributed by atoms with Gasteiger partial charge in [-0.15, -0.1) is 0 Å². The molecule has 9 heteroatoms. The minimum absolute atomic E-state index is 0.168. The molecule has 124 valence electrons. The highest BCUT2D eigenvalue weighted by atomic mass is 19.1. The number of nitrogens with one attached hydrogen (secondary N) is 1. The zero-order valence-electron chi connectivity index (χ0n) is 12.8. The van der Waals surface area contributed by atoms with Crippen LogP contribution in [0.3, 0.4) is 0 Å². The van der Waals surface area contributed by atoms with Gasteiger partial charge in [0.15, 0.2) is 5.82 Å². The first kappa shape index (κ1) is 14.9. The van der Waals surface area contributed by atoms with Crippen LogP contribution in [0.25, 0.3) is 22.9 Å². The number of halogens is 1. The largest absolute Gasteiger partial charge is 0.364 e. The van der Waals surface area contributed by atoms with E-state index < -0.39 is 11.4 Å². The normalized spacial score (nSPS) is 10.9. The first-order valence-electron chi connectivity index (χ1n) is 7.33. The van der Waals surface area contributed by atoms with Crippen LogP contribution in [-0.2, 0) is 6.54 Å². The van der Waals surface area contributed by atoms with Crippen molar-refractivity contribution in [3.8, 4) is 22.9 Å². The van der Waals surface area contributed by atoms with Crippen molar-refractivity contribution in [1.82, 2.24) is 29.9 Å². The molecule has 0 fully saturated rings. The van der Waals surface area contributed by atoms with Crippen LogP contribution in [0.5, 0.6) is 0 Å². The number of H-pyrrole nitrogens is 1. The van der Waals surface area contributed by atoms with Crippen LogP contribution >= 0.6 is 0 Å². The Morgan fingerprint density at radius 2 is 2.16 bits per heavy atom. The SMILES string of the molecule is O=c1[nH]c(-c2cc(-c3ccon3)n(Cc3cccnc3)n2)ncc1F. The highest BCUT2D eigenvalue weighted by Gasteiger charge is 2.16. The number of nitrogens with zero attached hydrogens (tertiary/aromatic N) is 5. The summed E-state index contributed by atoms with van der Waals surface area (Å²) in [4.78, 5) is 21.8. The lowest BCUT2D eigenvalue weighted by Crippen LogP contribution is -2.12. The molecule has 0 saturated heterocycles. The van der Waals surface area contributed by atoms with Crippen molar-refractivity contribution in [3.05, 3.63) is 70.9 Å². The average Bonchev–Trinajstić information content (AvgIpc) is 3.28. The van der Waals surface area contributed by atoms with E-state index in [2.05, 4.69) is 25.2 Å². The molecule has 0 aliphatic heterocycles. The zero-order valence-corrected chi connectivity index (χ0v) is 12.8. The maximum atomic E-state index is 13.1. The molecule has 0 atom stereocenters. The summed E-state index contributed by atoms with van der Waals surface area (Å²) < 4.78 is 19.7. The Morgan fingerprint density at radius 1 is 1.24 bits per heavy atom. The molecule has 4 aromatic rings. The lowest BCUT2D eigenvalue weighted by atomic mass is 10.2. The molecular weight excluding hydrogens is 327 g/mol. The van der Waals surface area contributed by atoms with Gasteiger partial charge in [0.2, 0.25) is 5.82 Å². The summed E-state index contributed by atoms with van der Waals surface area (Å²) in [5.74, 6) is -0.781. The first-order chi connectivity index (χ1) is 12.2. The van der Waals surface area contributed by atoms with E-state index in [0.29, 0.717) is 23.6 Å². The molecule has 0 unspecified atom stereocenters. The highest BCUT2D eigenvalue weighted by Crippen LogP contribution is 2.23. The minimum atomic E-state index is -0.949. The van der Waals surface area contributed by atoms with Gasteiger partial charge in [-0.05, 0) is 17.7 Å². The number of rotatable bonds is 4. The third kappa shape index (κ3) is 2.94. The van der Waals surface area contributed by atoms with Crippen LogP contribution in [-0.4, -0.2) is 29.9 Å². The monoisotopic (exact) mass is 338 g/mol. The van der Waals surface area contributed by atoms with Crippen LogP contribution < -0.4 is 5.56 Å². The van der Waals surface area contributed by atoms with Gasteiger partial charge in [0.05, 0.1) is 18.4 Å².